The second-order valence-corrected chi connectivity index (χ2v) is 4.53. The first-order valence-electron chi connectivity index (χ1n) is 5.25. The molecule has 1 N–H and O–H groups in total. The first-order valence-corrected chi connectivity index (χ1v) is 6.04. The third-order valence-corrected chi connectivity index (χ3v) is 3.21. The summed E-state index contributed by atoms with van der Waals surface area (Å²) in [4.78, 5) is 15.2. The van der Waals surface area contributed by atoms with E-state index in [0.29, 0.717) is 17.1 Å². The minimum absolute atomic E-state index is 0.0127. The van der Waals surface area contributed by atoms with E-state index >= 15 is 0 Å². The van der Waals surface area contributed by atoms with Crippen molar-refractivity contribution in [3.05, 3.63) is 34.3 Å². The van der Waals surface area contributed by atoms with Gasteiger partial charge in [0.1, 0.15) is 22.0 Å². The van der Waals surface area contributed by atoms with Crippen molar-refractivity contribution in [2.24, 2.45) is 7.05 Å². The number of hydrogen-bond acceptors (Lipinski definition) is 3. The first kappa shape index (κ1) is 13.5. The number of rotatable bonds is 3. The van der Waals surface area contributed by atoms with Crippen LogP contribution in [-0.4, -0.2) is 27.7 Å². The number of ether oxygens (including phenoxy) is 1. The SMILES string of the molecule is COc1ccc(F)cc1-c1nc(Br)c(C(=O)O)n1C. The van der Waals surface area contributed by atoms with E-state index in [-0.39, 0.29) is 10.3 Å². The molecule has 0 bridgehead atoms. The Morgan fingerprint density at radius 3 is 2.74 bits per heavy atom. The molecule has 0 atom stereocenters. The number of hydrogen-bond donors (Lipinski definition) is 1. The van der Waals surface area contributed by atoms with Gasteiger partial charge in [0.05, 0.1) is 12.7 Å². The van der Waals surface area contributed by atoms with Gasteiger partial charge >= 0.3 is 5.97 Å². The van der Waals surface area contributed by atoms with E-state index in [9.17, 15) is 9.18 Å². The number of carboxylic acid groups (broad SMARTS) is 1. The van der Waals surface area contributed by atoms with Crippen LogP contribution < -0.4 is 4.74 Å². The van der Waals surface area contributed by atoms with Gasteiger partial charge in [-0.15, -0.1) is 0 Å². The van der Waals surface area contributed by atoms with Crippen LogP contribution in [0.3, 0.4) is 0 Å². The maximum atomic E-state index is 13.3. The van der Waals surface area contributed by atoms with E-state index in [0.717, 1.165) is 0 Å². The van der Waals surface area contributed by atoms with Gasteiger partial charge in [0.2, 0.25) is 0 Å². The second kappa shape index (κ2) is 5.00. The molecular weight excluding hydrogens is 319 g/mol. The number of aromatic carboxylic acids is 1. The molecule has 0 aliphatic carbocycles. The highest BCUT2D eigenvalue weighted by Crippen LogP contribution is 2.32. The molecule has 0 aliphatic heterocycles. The fourth-order valence-electron chi connectivity index (χ4n) is 1.79. The van der Waals surface area contributed by atoms with Crippen molar-refractivity contribution < 1.29 is 19.0 Å². The number of benzene rings is 1. The summed E-state index contributed by atoms with van der Waals surface area (Å²) in [5, 5.41) is 9.09. The van der Waals surface area contributed by atoms with Crippen molar-refractivity contribution in [2.45, 2.75) is 0 Å². The molecule has 100 valence electrons. The van der Waals surface area contributed by atoms with Crippen LogP contribution in [0.2, 0.25) is 0 Å². The van der Waals surface area contributed by atoms with Crippen LogP contribution in [0, 0.1) is 5.82 Å². The Morgan fingerprint density at radius 2 is 2.21 bits per heavy atom. The summed E-state index contributed by atoms with van der Waals surface area (Å²) in [6.45, 7) is 0. The Labute approximate surface area is 116 Å². The Morgan fingerprint density at radius 1 is 1.53 bits per heavy atom. The summed E-state index contributed by atoms with van der Waals surface area (Å²) < 4.78 is 20.0. The lowest BCUT2D eigenvalue weighted by molar-refractivity contribution is 0.0685. The van der Waals surface area contributed by atoms with Gasteiger partial charge in [0, 0.05) is 7.05 Å². The summed E-state index contributed by atoms with van der Waals surface area (Å²) in [6.07, 6.45) is 0. The number of imidazole rings is 1. The molecule has 2 aromatic rings. The number of methoxy groups -OCH3 is 1. The van der Waals surface area contributed by atoms with E-state index in [4.69, 9.17) is 9.84 Å². The van der Waals surface area contributed by atoms with Crippen LogP contribution in [0.5, 0.6) is 5.75 Å². The van der Waals surface area contributed by atoms with Gasteiger partial charge in [0.15, 0.2) is 5.69 Å². The molecule has 0 aliphatic rings. The van der Waals surface area contributed by atoms with Gasteiger partial charge in [-0.1, -0.05) is 0 Å². The van der Waals surface area contributed by atoms with Crippen molar-refractivity contribution in [2.75, 3.05) is 7.11 Å². The molecule has 0 unspecified atom stereocenters. The molecule has 19 heavy (non-hydrogen) atoms. The normalized spacial score (nSPS) is 10.5. The molecule has 0 saturated heterocycles. The Balaban J connectivity index is 2.69. The van der Waals surface area contributed by atoms with Gasteiger partial charge in [-0.2, -0.15) is 0 Å². The van der Waals surface area contributed by atoms with Gasteiger partial charge in [0.25, 0.3) is 0 Å². The maximum Gasteiger partial charge on any atom is 0.355 e. The quantitative estimate of drug-likeness (QED) is 0.940. The van der Waals surface area contributed by atoms with Crippen molar-refractivity contribution in [3.63, 3.8) is 0 Å². The van der Waals surface area contributed by atoms with Crippen molar-refractivity contribution in [3.8, 4) is 17.1 Å². The first-order chi connectivity index (χ1) is 8.95. The molecule has 0 radical (unpaired) electrons. The largest absolute Gasteiger partial charge is 0.496 e. The third kappa shape index (κ3) is 2.33. The van der Waals surface area contributed by atoms with Crippen LogP contribution in [0.15, 0.2) is 22.8 Å². The molecule has 0 fully saturated rings. The monoisotopic (exact) mass is 328 g/mol. The lowest BCUT2D eigenvalue weighted by atomic mass is 10.2. The fourth-order valence-corrected chi connectivity index (χ4v) is 2.40. The van der Waals surface area contributed by atoms with E-state index in [1.54, 1.807) is 7.05 Å². The van der Waals surface area contributed by atoms with Crippen LogP contribution in [-0.2, 0) is 7.05 Å². The number of halogens is 2. The van der Waals surface area contributed by atoms with Crippen LogP contribution in [0.4, 0.5) is 4.39 Å². The topological polar surface area (TPSA) is 64.3 Å². The summed E-state index contributed by atoms with van der Waals surface area (Å²) in [5.41, 5.74) is 0.375. The van der Waals surface area contributed by atoms with Crippen LogP contribution in [0.1, 0.15) is 10.5 Å². The van der Waals surface area contributed by atoms with Crippen molar-refractivity contribution >= 4 is 21.9 Å². The van der Waals surface area contributed by atoms with Gasteiger partial charge in [-0.25, -0.2) is 14.2 Å². The smallest absolute Gasteiger partial charge is 0.355 e. The molecule has 2 rings (SSSR count). The summed E-state index contributed by atoms with van der Waals surface area (Å²) in [6, 6.07) is 3.98. The molecule has 0 spiro atoms. The molecule has 1 heterocycles. The minimum atomic E-state index is -1.12. The second-order valence-electron chi connectivity index (χ2n) is 3.78. The molecule has 5 nitrogen and oxygen atoms in total. The van der Waals surface area contributed by atoms with Crippen molar-refractivity contribution in [1.82, 2.24) is 9.55 Å². The van der Waals surface area contributed by atoms with Gasteiger partial charge in [-0.05, 0) is 34.1 Å². The Kier molecular flexibility index (Phi) is 3.57. The molecule has 1 aromatic heterocycles. The molecule has 1 aromatic carbocycles. The maximum absolute atomic E-state index is 13.3. The van der Waals surface area contributed by atoms with Crippen molar-refractivity contribution in [1.29, 1.82) is 0 Å². The highest BCUT2D eigenvalue weighted by molar-refractivity contribution is 9.10. The number of aromatic nitrogens is 2. The zero-order valence-electron chi connectivity index (χ0n) is 10.1. The zero-order valence-corrected chi connectivity index (χ0v) is 11.7. The van der Waals surface area contributed by atoms with Gasteiger partial charge < -0.3 is 14.4 Å². The van der Waals surface area contributed by atoms with E-state index in [1.165, 1.54) is 29.9 Å². The summed E-state index contributed by atoms with van der Waals surface area (Å²) >= 11 is 3.08. The third-order valence-electron chi connectivity index (χ3n) is 2.66. The average Bonchev–Trinajstić information content (AvgIpc) is 2.64. The number of carboxylic acids is 1. The highest BCUT2D eigenvalue weighted by Gasteiger charge is 2.21. The Bertz CT molecular complexity index is 655. The van der Waals surface area contributed by atoms with E-state index in [1.807, 2.05) is 0 Å². The van der Waals surface area contributed by atoms with Crippen LogP contribution in [0.25, 0.3) is 11.4 Å². The lowest BCUT2D eigenvalue weighted by Crippen LogP contribution is -2.06. The summed E-state index contributed by atoms with van der Waals surface area (Å²) in [7, 11) is 2.99. The summed E-state index contributed by atoms with van der Waals surface area (Å²) in [5.74, 6) is -0.852. The zero-order chi connectivity index (χ0) is 14.2. The predicted octanol–water partition coefficient (Wildman–Crippen LogP) is 2.70. The molecule has 0 amide bonds. The predicted molar refractivity (Wildman–Crippen MR) is 69.8 cm³/mol. The van der Waals surface area contributed by atoms with E-state index < -0.39 is 11.8 Å². The van der Waals surface area contributed by atoms with Gasteiger partial charge in [-0.3, -0.25) is 0 Å². The average molecular weight is 329 g/mol. The Hall–Kier alpha value is -1.89. The van der Waals surface area contributed by atoms with Crippen LogP contribution >= 0.6 is 15.9 Å². The number of nitrogens with zero attached hydrogens (tertiary/aromatic N) is 2. The lowest BCUT2D eigenvalue weighted by Gasteiger charge is -2.08. The minimum Gasteiger partial charge on any atom is -0.496 e. The number of carbonyl (C=O) groups is 1. The van der Waals surface area contributed by atoms with E-state index in [2.05, 4.69) is 20.9 Å². The molecular formula is C12H10BrFN2O3. The molecule has 0 saturated carbocycles. The standard InChI is InChI=1S/C12H10BrFN2O3/c1-16-9(12(17)18)10(13)15-11(16)7-5-6(14)3-4-8(7)19-2/h3-5H,1-2H3,(H,17,18). The fraction of sp³-hybridized carbons (Fsp3) is 0.167. The highest BCUT2D eigenvalue weighted by atomic mass is 79.9. The molecule has 7 heteroatoms.